The van der Waals surface area contributed by atoms with Gasteiger partial charge in [-0.15, -0.1) is 10.2 Å². The molecule has 2 rings (SSSR count). The summed E-state index contributed by atoms with van der Waals surface area (Å²) in [4.78, 5) is 22.1. The second kappa shape index (κ2) is 6.31. The van der Waals surface area contributed by atoms with E-state index >= 15 is 0 Å². The minimum Gasteiger partial charge on any atom is -0.481 e. The molecule has 0 unspecified atom stereocenters. The zero-order chi connectivity index (χ0) is 14.5. The number of nitrogens with one attached hydrogen (secondary N) is 1. The van der Waals surface area contributed by atoms with E-state index in [0.29, 0.717) is 18.7 Å². The third kappa shape index (κ3) is 3.43. The van der Waals surface area contributed by atoms with Crippen LogP contribution in [-0.4, -0.2) is 40.4 Å². The lowest BCUT2D eigenvalue weighted by Crippen LogP contribution is -2.29. The third-order valence-corrected chi connectivity index (χ3v) is 3.49. The minimum absolute atomic E-state index is 0.160. The molecule has 0 bridgehead atoms. The average Bonchev–Trinajstić information content (AvgIpc) is 2.48. The molecule has 1 heterocycles. The van der Waals surface area contributed by atoms with Crippen molar-refractivity contribution in [3.05, 3.63) is 17.8 Å². The van der Waals surface area contributed by atoms with Crippen LogP contribution < -0.4 is 5.32 Å². The molecule has 0 aromatic carbocycles. The molecule has 2 N–H and O–H groups in total. The van der Waals surface area contributed by atoms with Crippen molar-refractivity contribution in [3.63, 3.8) is 0 Å². The van der Waals surface area contributed by atoms with Crippen LogP contribution in [0, 0.1) is 5.92 Å². The molecule has 0 amide bonds. The minimum atomic E-state index is -0.717. The fourth-order valence-electron chi connectivity index (χ4n) is 2.32. The Bertz CT molecular complexity index is 481. The largest absolute Gasteiger partial charge is 0.481 e. The first-order chi connectivity index (χ1) is 9.60. The summed E-state index contributed by atoms with van der Waals surface area (Å²) < 4.78 is 4.54. The van der Waals surface area contributed by atoms with Gasteiger partial charge in [0.1, 0.15) is 5.82 Å². The van der Waals surface area contributed by atoms with Gasteiger partial charge in [0.15, 0.2) is 5.69 Å². The molecule has 0 aliphatic heterocycles. The summed E-state index contributed by atoms with van der Waals surface area (Å²) in [6.45, 7) is 0. The highest BCUT2D eigenvalue weighted by molar-refractivity contribution is 5.86. The fourth-order valence-corrected chi connectivity index (χ4v) is 2.32. The molecule has 7 nitrogen and oxygen atoms in total. The lowest BCUT2D eigenvalue weighted by Gasteiger charge is -2.26. The van der Waals surface area contributed by atoms with Crippen LogP contribution >= 0.6 is 0 Å². The Kier molecular flexibility index (Phi) is 4.49. The molecule has 0 spiro atoms. The summed E-state index contributed by atoms with van der Waals surface area (Å²) in [5.41, 5.74) is 0.160. The Hall–Kier alpha value is -2.18. The van der Waals surface area contributed by atoms with Crippen LogP contribution in [-0.2, 0) is 9.53 Å². The van der Waals surface area contributed by atoms with Crippen LogP contribution in [0.25, 0.3) is 0 Å². The number of methoxy groups -OCH3 is 1. The summed E-state index contributed by atoms with van der Waals surface area (Å²) >= 11 is 0. The molecule has 0 radical (unpaired) electrons. The highest BCUT2D eigenvalue weighted by Crippen LogP contribution is 2.26. The van der Waals surface area contributed by atoms with Gasteiger partial charge >= 0.3 is 11.9 Å². The predicted molar refractivity (Wildman–Crippen MR) is 70.4 cm³/mol. The molecule has 1 aromatic heterocycles. The molecule has 1 aliphatic rings. The maximum atomic E-state index is 11.2. The highest BCUT2D eigenvalue weighted by atomic mass is 16.5. The number of aromatic nitrogens is 2. The Morgan fingerprint density at radius 2 is 1.95 bits per heavy atom. The number of anilines is 1. The van der Waals surface area contributed by atoms with E-state index in [1.807, 2.05) is 0 Å². The average molecular weight is 279 g/mol. The number of hydrogen-bond donors (Lipinski definition) is 2. The number of carboxylic acids is 1. The molecule has 1 fully saturated rings. The van der Waals surface area contributed by atoms with Gasteiger partial charge in [-0.25, -0.2) is 4.79 Å². The molecule has 1 aromatic rings. The quantitative estimate of drug-likeness (QED) is 0.801. The SMILES string of the molecule is COC(=O)c1ccc(NC2CCC(C(=O)O)CC2)nn1. The second-order valence-electron chi connectivity index (χ2n) is 4.83. The van der Waals surface area contributed by atoms with E-state index < -0.39 is 11.9 Å². The van der Waals surface area contributed by atoms with Gasteiger partial charge in [0.25, 0.3) is 0 Å². The van der Waals surface area contributed by atoms with Crippen LogP contribution in [0.5, 0.6) is 0 Å². The predicted octanol–water partition coefficient (Wildman–Crippen LogP) is 1.32. The molecule has 108 valence electrons. The number of carboxylic acid groups (broad SMARTS) is 1. The van der Waals surface area contributed by atoms with Crippen molar-refractivity contribution in [1.29, 1.82) is 0 Å². The topological polar surface area (TPSA) is 101 Å². The number of carbonyl (C=O) groups is 2. The molecule has 1 saturated carbocycles. The summed E-state index contributed by atoms with van der Waals surface area (Å²) in [7, 11) is 1.29. The maximum absolute atomic E-state index is 11.2. The first kappa shape index (κ1) is 14.2. The van der Waals surface area contributed by atoms with Gasteiger partial charge in [-0.3, -0.25) is 4.79 Å². The van der Waals surface area contributed by atoms with Crippen LogP contribution in [0.1, 0.15) is 36.2 Å². The van der Waals surface area contributed by atoms with Gasteiger partial charge in [0.05, 0.1) is 13.0 Å². The smallest absolute Gasteiger partial charge is 0.358 e. The van der Waals surface area contributed by atoms with Crippen molar-refractivity contribution in [1.82, 2.24) is 10.2 Å². The van der Waals surface area contributed by atoms with E-state index in [0.717, 1.165) is 12.8 Å². The van der Waals surface area contributed by atoms with E-state index in [-0.39, 0.29) is 17.7 Å². The summed E-state index contributed by atoms with van der Waals surface area (Å²) in [6, 6.07) is 3.41. The molecule has 0 saturated heterocycles. The van der Waals surface area contributed by atoms with Crippen LogP contribution in [0.4, 0.5) is 5.82 Å². The Balaban J connectivity index is 1.88. The van der Waals surface area contributed by atoms with E-state index in [1.165, 1.54) is 7.11 Å². The Morgan fingerprint density at radius 3 is 2.45 bits per heavy atom. The normalized spacial score (nSPS) is 22.1. The number of nitrogens with zero attached hydrogens (tertiary/aromatic N) is 2. The summed E-state index contributed by atoms with van der Waals surface area (Å²) in [6.07, 6.45) is 2.91. The van der Waals surface area contributed by atoms with Crippen molar-refractivity contribution >= 4 is 17.8 Å². The first-order valence-electron chi connectivity index (χ1n) is 6.51. The number of rotatable bonds is 4. The van der Waals surface area contributed by atoms with Gasteiger partial charge < -0.3 is 15.2 Å². The van der Waals surface area contributed by atoms with E-state index in [2.05, 4.69) is 20.3 Å². The molecular weight excluding hydrogens is 262 g/mol. The zero-order valence-corrected chi connectivity index (χ0v) is 11.2. The van der Waals surface area contributed by atoms with Crippen molar-refractivity contribution < 1.29 is 19.4 Å². The monoisotopic (exact) mass is 279 g/mol. The lowest BCUT2D eigenvalue weighted by molar-refractivity contribution is -0.142. The molecule has 20 heavy (non-hydrogen) atoms. The number of hydrogen-bond acceptors (Lipinski definition) is 6. The Morgan fingerprint density at radius 1 is 1.25 bits per heavy atom. The maximum Gasteiger partial charge on any atom is 0.358 e. The highest BCUT2D eigenvalue weighted by Gasteiger charge is 2.26. The van der Waals surface area contributed by atoms with Gasteiger partial charge in [-0.1, -0.05) is 0 Å². The molecule has 7 heteroatoms. The van der Waals surface area contributed by atoms with E-state index in [9.17, 15) is 9.59 Å². The molecule has 1 aliphatic carbocycles. The van der Waals surface area contributed by atoms with Gasteiger partial charge in [0, 0.05) is 6.04 Å². The van der Waals surface area contributed by atoms with E-state index in [4.69, 9.17) is 5.11 Å². The summed E-state index contributed by atoms with van der Waals surface area (Å²) in [5, 5.41) is 19.8. The van der Waals surface area contributed by atoms with Crippen molar-refractivity contribution in [2.45, 2.75) is 31.7 Å². The lowest BCUT2D eigenvalue weighted by atomic mass is 9.86. The number of ether oxygens (including phenoxy) is 1. The second-order valence-corrected chi connectivity index (χ2v) is 4.83. The van der Waals surface area contributed by atoms with Crippen molar-refractivity contribution in [2.75, 3.05) is 12.4 Å². The van der Waals surface area contributed by atoms with Crippen LogP contribution in [0.15, 0.2) is 12.1 Å². The number of carbonyl (C=O) groups excluding carboxylic acids is 1. The van der Waals surface area contributed by atoms with Crippen molar-refractivity contribution in [3.8, 4) is 0 Å². The van der Waals surface area contributed by atoms with Crippen LogP contribution in [0.2, 0.25) is 0 Å². The van der Waals surface area contributed by atoms with Gasteiger partial charge in [-0.2, -0.15) is 0 Å². The third-order valence-electron chi connectivity index (χ3n) is 3.49. The fraction of sp³-hybridized carbons (Fsp3) is 0.538. The van der Waals surface area contributed by atoms with Gasteiger partial charge in [0.2, 0.25) is 0 Å². The first-order valence-corrected chi connectivity index (χ1v) is 6.51. The van der Waals surface area contributed by atoms with Crippen LogP contribution in [0.3, 0.4) is 0 Å². The summed E-state index contributed by atoms with van der Waals surface area (Å²) in [5.74, 6) is -0.894. The Labute approximate surface area is 116 Å². The standard InChI is InChI=1S/C13H17N3O4/c1-20-13(19)10-6-7-11(16-15-10)14-9-4-2-8(3-5-9)12(17)18/h6-9H,2-5H2,1H3,(H,14,16)(H,17,18). The number of aliphatic carboxylic acids is 1. The van der Waals surface area contributed by atoms with E-state index in [1.54, 1.807) is 12.1 Å². The molecule has 0 atom stereocenters. The number of esters is 1. The van der Waals surface area contributed by atoms with Crippen molar-refractivity contribution in [2.24, 2.45) is 5.92 Å². The molecular formula is C13H17N3O4. The van der Waals surface area contributed by atoms with Gasteiger partial charge in [-0.05, 0) is 37.8 Å². The zero-order valence-electron chi connectivity index (χ0n) is 11.2.